The van der Waals surface area contributed by atoms with E-state index in [1.54, 1.807) is 0 Å². The second-order valence-corrected chi connectivity index (χ2v) is 9.76. The van der Waals surface area contributed by atoms with E-state index in [2.05, 4.69) is 13.8 Å². The summed E-state index contributed by atoms with van der Waals surface area (Å²) < 4.78 is 29.7. The maximum Gasteiger partial charge on any atom is 1.00 e. The maximum atomic E-state index is 12.3. The molecule has 0 amide bonds. The largest absolute Gasteiger partial charge is 1.00 e. The molecule has 0 bridgehead atoms. The summed E-state index contributed by atoms with van der Waals surface area (Å²) in [6.07, 6.45) is 15.0. The Labute approximate surface area is 202 Å². The third kappa shape index (κ3) is 16.7. The van der Waals surface area contributed by atoms with E-state index in [0.29, 0.717) is 6.42 Å². The molecule has 0 aliphatic carbocycles. The molecule has 0 saturated carbocycles. The minimum Gasteiger partial charge on any atom is -0.549 e. The topological polar surface area (TPSA) is 83.5 Å². The Morgan fingerprint density at radius 3 is 1.72 bits per heavy atom. The van der Waals surface area contributed by atoms with Crippen LogP contribution in [0, 0.1) is 5.92 Å². The molecule has 5 nitrogen and oxygen atoms in total. The quantitative estimate of drug-likeness (QED) is 0.164. The molecule has 0 aromatic rings. The summed E-state index contributed by atoms with van der Waals surface area (Å²) in [7, 11) is -4.12. The van der Waals surface area contributed by atoms with Crippen molar-refractivity contribution in [2.24, 2.45) is 5.92 Å². The van der Waals surface area contributed by atoms with E-state index < -0.39 is 21.3 Å². The van der Waals surface area contributed by atoms with Crippen LogP contribution >= 0.6 is 0 Å². The summed E-state index contributed by atoms with van der Waals surface area (Å²) in [5.74, 6) is -1.40. The van der Waals surface area contributed by atoms with Gasteiger partial charge in [-0.15, -0.1) is 0 Å². The summed E-state index contributed by atoms with van der Waals surface area (Å²) >= 11 is 0. The van der Waals surface area contributed by atoms with Crippen LogP contribution in [0.4, 0.5) is 0 Å². The van der Waals surface area contributed by atoms with Crippen molar-refractivity contribution >= 4 is 16.1 Å². The minimum atomic E-state index is -4.12. The van der Waals surface area contributed by atoms with Crippen LogP contribution in [0.25, 0.3) is 0 Å². The van der Waals surface area contributed by atoms with Gasteiger partial charge in [-0.1, -0.05) is 104 Å². The molecule has 2 atom stereocenters. The number of carboxylic acids is 1. The first-order valence-electron chi connectivity index (χ1n) is 11.5. The molecule has 168 valence electrons. The number of carbonyl (C=O) groups is 1. The van der Waals surface area contributed by atoms with E-state index in [4.69, 9.17) is 4.18 Å². The van der Waals surface area contributed by atoms with Crippen LogP contribution in [-0.2, 0) is 19.1 Å². The van der Waals surface area contributed by atoms with E-state index >= 15 is 0 Å². The van der Waals surface area contributed by atoms with Gasteiger partial charge in [-0.2, -0.15) is 8.42 Å². The average molecular weight is 443 g/mol. The summed E-state index contributed by atoms with van der Waals surface area (Å²) in [5, 5.41) is 9.80. The zero-order chi connectivity index (χ0) is 21.3. The van der Waals surface area contributed by atoms with Crippen LogP contribution in [0.1, 0.15) is 117 Å². The van der Waals surface area contributed by atoms with Gasteiger partial charge < -0.3 is 9.90 Å². The van der Waals surface area contributed by atoms with E-state index in [1.165, 1.54) is 38.5 Å². The Morgan fingerprint density at radius 1 is 0.793 bits per heavy atom. The first-order chi connectivity index (χ1) is 13.4. The first-order valence-corrected chi connectivity index (χ1v) is 12.9. The summed E-state index contributed by atoms with van der Waals surface area (Å²) in [4.78, 5) is 11.4. The number of carboxylic acid groups (broad SMARTS) is 1. The SMILES string of the molecule is CCCCCCCCCCCCC(C(=O)[O-])S(=O)(=O)OCC(CC)CCCC.[Na+]. The molecule has 0 fully saturated rings. The number of rotatable bonds is 20. The maximum absolute atomic E-state index is 12.3. The molecule has 0 aromatic heterocycles. The van der Waals surface area contributed by atoms with Crippen molar-refractivity contribution in [2.75, 3.05) is 6.61 Å². The second-order valence-electron chi connectivity index (χ2n) is 7.97. The average Bonchev–Trinajstić information content (AvgIpc) is 2.65. The fraction of sp³-hybridized carbons (Fsp3) is 0.955. The molecule has 29 heavy (non-hydrogen) atoms. The van der Waals surface area contributed by atoms with E-state index in [0.717, 1.165) is 44.9 Å². The Balaban J connectivity index is 0. The van der Waals surface area contributed by atoms with Crippen LogP contribution < -0.4 is 34.7 Å². The molecule has 2 unspecified atom stereocenters. The number of aliphatic carboxylic acids is 1. The molecule has 7 heteroatoms. The molecule has 0 spiro atoms. The molecule has 0 radical (unpaired) electrons. The van der Waals surface area contributed by atoms with Crippen LogP contribution in [0.2, 0.25) is 0 Å². The molecular weight excluding hydrogens is 399 g/mol. The van der Waals surface area contributed by atoms with Crippen molar-refractivity contribution in [3.05, 3.63) is 0 Å². The van der Waals surface area contributed by atoms with Crippen LogP contribution in [0.3, 0.4) is 0 Å². The van der Waals surface area contributed by atoms with Gasteiger partial charge >= 0.3 is 29.6 Å². The Morgan fingerprint density at radius 2 is 1.28 bits per heavy atom. The van der Waals surface area contributed by atoms with Gasteiger partial charge in [0.1, 0.15) is 5.25 Å². The van der Waals surface area contributed by atoms with Crippen molar-refractivity contribution in [3.63, 3.8) is 0 Å². The van der Waals surface area contributed by atoms with Gasteiger partial charge in [-0.25, -0.2) is 0 Å². The second kappa shape index (κ2) is 20.3. The normalized spacial score (nSPS) is 13.6. The molecule has 0 saturated heterocycles. The van der Waals surface area contributed by atoms with Gasteiger partial charge in [-0.3, -0.25) is 4.18 Å². The van der Waals surface area contributed by atoms with Gasteiger partial charge in [0.15, 0.2) is 0 Å². The third-order valence-electron chi connectivity index (χ3n) is 5.44. The van der Waals surface area contributed by atoms with Crippen LogP contribution in [-0.4, -0.2) is 26.2 Å². The van der Waals surface area contributed by atoms with Gasteiger partial charge in [0.2, 0.25) is 0 Å². The number of hydrogen-bond acceptors (Lipinski definition) is 5. The number of unbranched alkanes of at least 4 members (excludes halogenated alkanes) is 10. The summed E-state index contributed by atoms with van der Waals surface area (Å²) in [5.41, 5.74) is 0. The number of hydrogen-bond donors (Lipinski definition) is 0. The van der Waals surface area contributed by atoms with Gasteiger partial charge in [0.05, 0.1) is 12.6 Å². The Bertz CT molecular complexity index is 482. The first kappa shape index (κ1) is 31.6. The third-order valence-corrected chi connectivity index (χ3v) is 7.03. The van der Waals surface area contributed by atoms with Gasteiger partial charge in [0, 0.05) is 0 Å². The van der Waals surface area contributed by atoms with Crippen molar-refractivity contribution in [1.29, 1.82) is 0 Å². The molecule has 0 aliphatic rings. The fourth-order valence-electron chi connectivity index (χ4n) is 3.37. The molecule has 0 aliphatic heterocycles. The number of carbonyl (C=O) groups excluding carboxylic acids is 1. The predicted octanol–water partition coefficient (Wildman–Crippen LogP) is 1.98. The summed E-state index contributed by atoms with van der Waals surface area (Å²) in [6, 6.07) is 0. The fourth-order valence-corrected chi connectivity index (χ4v) is 4.61. The molecule has 0 heterocycles. The zero-order valence-corrected chi connectivity index (χ0v) is 22.2. The van der Waals surface area contributed by atoms with Crippen molar-refractivity contribution in [3.8, 4) is 0 Å². The van der Waals surface area contributed by atoms with E-state index in [-0.39, 0.29) is 48.5 Å². The molecular formula is C22H43NaO5S. The van der Waals surface area contributed by atoms with Gasteiger partial charge in [0.25, 0.3) is 10.1 Å². The smallest absolute Gasteiger partial charge is 0.549 e. The zero-order valence-electron chi connectivity index (χ0n) is 19.4. The molecule has 0 N–H and O–H groups in total. The standard InChI is InChI=1S/C22H44O5S.Na/c1-4-7-9-10-11-12-13-14-15-16-18-21(22(23)24)28(25,26)27-19-20(6-3)17-8-5-2;/h20-21H,4-19H2,1-3H3,(H,23,24);/q;+1/p-1. The van der Waals surface area contributed by atoms with Crippen molar-refractivity contribution < 1.29 is 52.1 Å². The molecule has 0 aromatic carbocycles. The minimum absolute atomic E-state index is 0. The van der Waals surface area contributed by atoms with Crippen LogP contribution in [0.15, 0.2) is 0 Å². The van der Waals surface area contributed by atoms with Gasteiger partial charge in [-0.05, 0) is 18.8 Å². The Kier molecular flexibility index (Phi) is 22.1. The van der Waals surface area contributed by atoms with Crippen LogP contribution in [0.5, 0.6) is 0 Å². The van der Waals surface area contributed by atoms with Crippen molar-refractivity contribution in [2.45, 2.75) is 122 Å². The molecule has 0 rings (SSSR count). The van der Waals surface area contributed by atoms with Crippen molar-refractivity contribution in [1.82, 2.24) is 0 Å². The monoisotopic (exact) mass is 442 g/mol. The Hall–Kier alpha value is 0.380. The van der Waals surface area contributed by atoms with E-state index in [9.17, 15) is 18.3 Å². The van der Waals surface area contributed by atoms with E-state index in [1.807, 2.05) is 6.92 Å². The predicted molar refractivity (Wildman–Crippen MR) is 113 cm³/mol. The summed E-state index contributed by atoms with van der Waals surface area (Å²) in [6.45, 7) is 6.36.